The lowest BCUT2D eigenvalue weighted by atomic mass is 10.1. The molecule has 108 valence electrons. The molecule has 1 aliphatic heterocycles. The van der Waals surface area contributed by atoms with E-state index in [1.807, 2.05) is 0 Å². The molecule has 1 aliphatic rings. The molecule has 0 saturated carbocycles. The number of nitrogens with one attached hydrogen (secondary N) is 1. The summed E-state index contributed by atoms with van der Waals surface area (Å²) in [6.07, 6.45) is -1.19. The molecule has 20 heavy (non-hydrogen) atoms. The quantitative estimate of drug-likeness (QED) is 0.534. The average Bonchev–Trinajstić information content (AvgIpc) is 3.01. The lowest BCUT2D eigenvalue weighted by molar-refractivity contribution is -0.0566. The van der Waals surface area contributed by atoms with Crippen LogP contribution in [0.1, 0.15) is 6.23 Å². The van der Waals surface area contributed by atoms with Crippen LogP contribution in [0.2, 0.25) is 0 Å². The van der Waals surface area contributed by atoms with E-state index in [1.54, 1.807) is 13.2 Å². The highest BCUT2D eigenvalue weighted by Crippen LogP contribution is 2.31. The second kappa shape index (κ2) is 4.94. The topological polar surface area (TPSA) is 126 Å². The van der Waals surface area contributed by atoms with E-state index in [9.17, 15) is 10.2 Å². The number of aliphatic hydroxyl groups is 3. The van der Waals surface area contributed by atoms with Crippen molar-refractivity contribution in [1.82, 2.24) is 19.7 Å². The number of hydrogen-bond donors (Lipinski definition) is 4. The Morgan fingerprint density at radius 1 is 1.35 bits per heavy atom. The highest BCUT2D eigenvalue weighted by atomic mass is 16.6. The first-order valence-electron chi connectivity index (χ1n) is 6.15. The first-order valence-corrected chi connectivity index (χ1v) is 6.15. The van der Waals surface area contributed by atoms with Crippen molar-refractivity contribution in [2.24, 2.45) is 0 Å². The fourth-order valence-corrected chi connectivity index (χ4v) is 2.33. The Morgan fingerprint density at radius 2 is 2.15 bits per heavy atom. The maximum absolute atomic E-state index is 10.0. The largest absolute Gasteiger partial charge is 0.394 e. The molecule has 4 atom stereocenters. The van der Waals surface area contributed by atoms with Crippen LogP contribution in [-0.4, -0.2) is 67.0 Å². The monoisotopic (exact) mass is 281 g/mol. The van der Waals surface area contributed by atoms with E-state index in [4.69, 9.17) is 9.84 Å². The number of aliphatic hydroxyl groups excluding tert-OH is 3. The summed E-state index contributed by atoms with van der Waals surface area (Å²) in [5, 5.41) is 36.6. The van der Waals surface area contributed by atoms with Crippen LogP contribution in [0.3, 0.4) is 0 Å². The number of hydrogen-bond acceptors (Lipinski definition) is 8. The Morgan fingerprint density at radius 3 is 2.80 bits per heavy atom. The van der Waals surface area contributed by atoms with Crippen molar-refractivity contribution in [2.45, 2.75) is 24.5 Å². The van der Waals surface area contributed by atoms with Gasteiger partial charge in [-0.1, -0.05) is 0 Å². The Labute approximate surface area is 113 Å². The van der Waals surface area contributed by atoms with Crippen molar-refractivity contribution in [2.75, 3.05) is 19.0 Å². The van der Waals surface area contributed by atoms with E-state index in [2.05, 4.69) is 20.4 Å². The van der Waals surface area contributed by atoms with Gasteiger partial charge in [0.05, 0.1) is 18.2 Å². The van der Waals surface area contributed by atoms with Crippen molar-refractivity contribution < 1.29 is 20.1 Å². The van der Waals surface area contributed by atoms with Crippen molar-refractivity contribution >= 4 is 16.9 Å². The van der Waals surface area contributed by atoms with Gasteiger partial charge in [-0.15, -0.1) is 0 Å². The van der Waals surface area contributed by atoms with Crippen LogP contribution >= 0.6 is 0 Å². The molecule has 0 bridgehead atoms. The summed E-state index contributed by atoms with van der Waals surface area (Å²) < 4.78 is 6.81. The van der Waals surface area contributed by atoms with Gasteiger partial charge in [0.1, 0.15) is 30.5 Å². The normalized spacial score (nSPS) is 30.0. The molecule has 2 aromatic heterocycles. The van der Waals surface area contributed by atoms with Crippen LogP contribution in [0.5, 0.6) is 0 Å². The predicted molar refractivity (Wildman–Crippen MR) is 67.9 cm³/mol. The molecule has 0 amide bonds. The maximum atomic E-state index is 10.0. The summed E-state index contributed by atoms with van der Waals surface area (Å²) in [4.78, 5) is 8.18. The van der Waals surface area contributed by atoms with E-state index < -0.39 is 24.5 Å². The number of rotatable bonds is 3. The second-order valence-electron chi connectivity index (χ2n) is 4.53. The molecule has 1 fully saturated rings. The molecule has 9 nitrogen and oxygen atoms in total. The zero-order valence-corrected chi connectivity index (χ0v) is 10.7. The molecular formula is C11H15N5O4. The zero-order chi connectivity index (χ0) is 14.3. The van der Waals surface area contributed by atoms with E-state index in [0.29, 0.717) is 16.9 Å². The summed E-state index contributed by atoms with van der Waals surface area (Å²) in [5.74, 6) is 0.605. The Kier molecular flexibility index (Phi) is 3.26. The molecule has 0 unspecified atom stereocenters. The standard InChI is InChI=1S/C11H15N5O4/c1-12-9-5-2-15-16(10(5)14-4-13-9)11-8(19)7(18)6(3-17)20-11/h2,4,6-8,11,17-19H,3H2,1H3,(H,12,13,14)/t6-,7-,8-,11-/m1/s1. The Balaban J connectivity index is 2.03. The van der Waals surface area contributed by atoms with Gasteiger partial charge in [0.25, 0.3) is 0 Å². The van der Waals surface area contributed by atoms with Crippen molar-refractivity contribution in [3.63, 3.8) is 0 Å². The van der Waals surface area contributed by atoms with Crippen LogP contribution in [0, 0.1) is 0 Å². The third-order valence-corrected chi connectivity index (χ3v) is 3.39. The zero-order valence-electron chi connectivity index (χ0n) is 10.7. The summed E-state index contributed by atoms with van der Waals surface area (Å²) in [6.45, 7) is -0.384. The number of fused-ring (bicyclic) bond motifs is 1. The first-order chi connectivity index (χ1) is 9.67. The van der Waals surface area contributed by atoms with Gasteiger partial charge in [-0.05, 0) is 0 Å². The number of anilines is 1. The minimum atomic E-state index is -1.19. The SMILES string of the molecule is CNc1ncnc2c1cnn2[C@@H]1O[C@H](CO)[C@@H](O)[C@H]1O. The molecule has 4 N–H and O–H groups in total. The fourth-order valence-electron chi connectivity index (χ4n) is 2.33. The Bertz CT molecular complexity index is 618. The van der Waals surface area contributed by atoms with E-state index in [1.165, 1.54) is 11.0 Å². The summed E-state index contributed by atoms with van der Waals surface area (Å²) >= 11 is 0. The smallest absolute Gasteiger partial charge is 0.181 e. The van der Waals surface area contributed by atoms with Gasteiger partial charge in [0, 0.05) is 7.05 Å². The van der Waals surface area contributed by atoms with E-state index in [-0.39, 0.29) is 6.61 Å². The Hall–Kier alpha value is -1.81. The van der Waals surface area contributed by atoms with Gasteiger partial charge in [-0.25, -0.2) is 14.6 Å². The third kappa shape index (κ3) is 1.83. The summed E-state index contributed by atoms with van der Waals surface area (Å²) in [7, 11) is 1.73. The van der Waals surface area contributed by atoms with Crippen molar-refractivity contribution in [1.29, 1.82) is 0 Å². The van der Waals surface area contributed by atoms with Crippen molar-refractivity contribution in [3.8, 4) is 0 Å². The number of aromatic nitrogens is 4. The van der Waals surface area contributed by atoms with Gasteiger partial charge in [0.15, 0.2) is 11.9 Å². The van der Waals surface area contributed by atoms with Crippen LogP contribution in [0.4, 0.5) is 5.82 Å². The van der Waals surface area contributed by atoms with Gasteiger partial charge in [0.2, 0.25) is 0 Å². The highest BCUT2D eigenvalue weighted by Gasteiger charge is 2.44. The molecule has 0 aromatic carbocycles. The van der Waals surface area contributed by atoms with Gasteiger partial charge >= 0.3 is 0 Å². The van der Waals surface area contributed by atoms with E-state index in [0.717, 1.165) is 0 Å². The summed E-state index contributed by atoms with van der Waals surface area (Å²) in [6, 6.07) is 0. The van der Waals surface area contributed by atoms with Crippen LogP contribution < -0.4 is 5.32 Å². The number of nitrogens with zero attached hydrogens (tertiary/aromatic N) is 4. The molecule has 3 heterocycles. The molecule has 0 radical (unpaired) electrons. The lowest BCUT2D eigenvalue weighted by Gasteiger charge is -2.15. The minimum absolute atomic E-state index is 0.384. The first kappa shape index (κ1) is 13.2. The molecule has 1 saturated heterocycles. The minimum Gasteiger partial charge on any atom is -0.394 e. The molecular weight excluding hydrogens is 266 g/mol. The van der Waals surface area contributed by atoms with Crippen LogP contribution in [0.15, 0.2) is 12.5 Å². The fraction of sp³-hybridized carbons (Fsp3) is 0.545. The molecule has 3 rings (SSSR count). The third-order valence-electron chi connectivity index (χ3n) is 3.39. The van der Waals surface area contributed by atoms with Crippen LogP contribution in [-0.2, 0) is 4.74 Å². The van der Waals surface area contributed by atoms with Gasteiger partial charge in [-0.2, -0.15) is 5.10 Å². The molecule has 0 aliphatic carbocycles. The average molecular weight is 281 g/mol. The molecule has 0 spiro atoms. The van der Waals surface area contributed by atoms with Gasteiger partial charge < -0.3 is 25.4 Å². The van der Waals surface area contributed by atoms with Crippen molar-refractivity contribution in [3.05, 3.63) is 12.5 Å². The summed E-state index contributed by atoms with van der Waals surface area (Å²) in [5.41, 5.74) is 0.471. The van der Waals surface area contributed by atoms with Crippen LogP contribution in [0.25, 0.3) is 11.0 Å². The van der Waals surface area contributed by atoms with E-state index >= 15 is 0 Å². The lowest BCUT2D eigenvalue weighted by Crippen LogP contribution is -2.33. The molecule has 2 aromatic rings. The second-order valence-corrected chi connectivity index (χ2v) is 4.53. The maximum Gasteiger partial charge on any atom is 0.181 e. The predicted octanol–water partition coefficient (Wildman–Crippen LogP) is -1.52. The molecule has 9 heteroatoms. The highest BCUT2D eigenvalue weighted by molar-refractivity contribution is 5.85. The number of ether oxygens (including phenoxy) is 1. The van der Waals surface area contributed by atoms with Gasteiger partial charge in [-0.3, -0.25) is 0 Å².